The summed E-state index contributed by atoms with van der Waals surface area (Å²) in [7, 11) is 0. The number of aromatic nitrogens is 1. The van der Waals surface area contributed by atoms with Gasteiger partial charge in [-0.05, 0) is 43.0 Å². The lowest BCUT2D eigenvalue weighted by molar-refractivity contribution is 0.0843. The second kappa shape index (κ2) is 4.73. The first kappa shape index (κ1) is 13.1. The molecular formula is C19H18N2O. The number of nitrogens with two attached hydrogens (primary N) is 1. The minimum Gasteiger partial charge on any atom is -0.397 e. The molecule has 0 aliphatic heterocycles. The van der Waals surface area contributed by atoms with E-state index in [1.54, 1.807) is 4.57 Å². The normalized spacial score (nSPS) is 14.4. The molecule has 0 saturated carbocycles. The largest absolute Gasteiger partial charge is 0.397 e. The van der Waals surface area contributed by atoms with Gasteiger partial charge in [-0.15, -0.1) is 0 Å². The van der Waals surface area contributed by atoms with Crippen molar-refractivity contribution in [3.8, 4) is 0 Å². The zero-order chi connectivity index (χ0) is 15.3. The highest BCUT2D eigenvalue weighted by atomic mass is 16.2. The van der Waals surface area contributed by atoms with E-state index < -0.39 is 0 Å². The van der Waals surface area contributed by atoms with E-state index in [9.17, 15) is 4.79 Å². The lowest BCUT2D eigenvalue weighted by Gasteiger charge is -2.13. The number of hydrogen-bond acceptors (Lipinski definition) is 2. The fraction of sp³-hybridized carbons (Fsp3) is 0.211. The van der Waals surface area contributed by atoms with Crippen LogP contribution in [0.3, 0.4) is 0 Å². The lowest BCUT2D eigenvalue weighted by atomic mass is 10.1. The van der Waals surface area contributed by atoms with E-state index in [2.05, 4.69) is 12.1 Å². The second-order valence-electron chi connectivity index (χ2n) is 6.12. The molecule has 22 heavy (non-hydrogen) atoms. The molecule has 1 heterocycles. The SMILES string of the molecule is Cc1cc2cccc(N)c2n1C(=O)C1Cc2ccccc2C1. The van der Waals surface area contributed by atoms with Gasteiger partial charge in [0.05, 0.1) is 11.2 Å². The van der Waals surface area contributed by atoms with E-state index in [4.69, 9.17) is 5.73 Å². The smallest absolute Gasteiger partial charge is 0.235 e. The number of hydrogen-bond donors (Lipinski definition) is 1. The number of aryl methyl sites for hydroxylation is 1. The third-order valence-electron chi connectivity index (χ3n) is 4.66. The first-order valence-corrected chi connectivity index (χ1v) is 7.62. The summed E-state index contributed by atoms with van der Waals surface area (Å²) in [6.07, 6.45) is 1.64. The van der Waals surface area contributed by atoms with E-state index >= 15 is 0 Å². The van der Waals surface area contributed by atoms with Crippen LogP contribution in [0.5, 0.6) is 0 Å². The molecule has 0 fully saturated rings. The number of carbonyl (C=O) groups is 1. The van der Waals surface area contributed by atoms with Crippen LogP contribution in [-0.4, -0.2) is 10.5 Å². The third-order valence-corrected chi connectivity index (χ3v) is 4.66. The fourth-order valence-corrected chi connectivity index (χ4v) is 3.62. The quantitative estimate of drug-likeness (QED) is 0.696. The van der Waals surface area contributed by atoms with E-state index in [0.717, 1.165) is 29.4 Å². The molecule has 0 amide bonds. The summed E-state index contributed by atoms with van der Waals surface area (Å²) >= 11 is 0. The Labute approximate surface area is 129 Å². The molecule has 0 unspecified atom stereocenters. The van der Waals surface area contributed by atoms with Gasteiger partial charge in [-0.3, -0.25) is 9.36 Å². The van der Waals surface area contributed by atoms with Crippen LogP contribution in [0.15, 0.2) is 48.5 Å². The Morgan fingerprint density at radius 2 is 1.77 bits per heavy atom. The summed E-state index contributed by atoms with van der Waals surface area (Å²) in [5, 5.41) is 1.03. The van der Waals surface area contributed by atoms with Crippen LogP contribution >= 0.6 is 0 Å². The Hall–Kier alpha value is -2.55. The van der Waals surface area contributed by atoms with E-state index in [0.29, 0.717) is 5.69 Å². The molecule has 1 aliphatic carbocycles. The highest BCUT2D eigenvalue weighted by molar-refractivity contribution is 6.00. The van der Waals surface area contributed by atoms with Gasteiger partial charge in [-0.1, -0.05) is 36.4 Å². The second-order valence-corrected chi connectivity index (χ2v) is 6.12. The van der Waals surface area contributed by atoms with Crippen LogP contribution in [-0.2, 0) is 12.8 Å². The minimum absolute atomic E-state index is 0.00584. The molecule has 1 aromatic heterocycles. The molecule has 3 nitrogen and oxygen atoms in total. The molecule has 0 spiro atoms. The van der Waals surface area contributed by atoms with Crippen molar-refractivity contribution < 1.29 is 4.79 Å². The van der Waals surface area contributed by atoms with Crippen molar-refractivity contribution in [2.45, 2.75) is 19.8 Å². The Bertz CT molecular complexity index is 867. The number of nitrogen functional groups attached to an aromatic ring is 1. The lowest BCUT2D eigenvalue weighted by Crippen LogP contribution is -2.23. The average Bonchev–Trinajstić information content (AvgIpc) is 3.07. The van der Waals surface area contributed by atoms with Crippen LogP contribution in [0, 0.1) is 12.8 Å². The molecule has 4 rings (SSSR count). The van der Waals surface area contributed by atoms with E-state index in [-0.39, 0.29) is 11.8 Å². The molecule has 3 heteroatoms. The van der Waals surface area contributed by atoms with Gasteiger partial charge in [0.15, 0.2) is 0 Å². The molecule has 0 radical (unpaired) electrons. The van der Waals surface area contributed by atoms with Crippen molar-refractivity contribution >= 4 is 22.5 Å². The minimum atomic E-state index is 0.00584. The standard InChI is InChI=1S/C19H18N2O/c1-12-9-15-7-4-8-17(20)18(15)21(12)19(22)16-10-13-5-2-3-6-14(13)11-16/h2-9,16H,10-11,20H2,1H3. The van der Waals surface area contributed by atoms with Gasteiger partial charge in [0.25, 0.3) is 0 Å². The zero-order valence-corrected chi connectivity index (χ0v) is 12.5. The van der Waals surface area contributed by atoms with Crippen molar-refractivity contribution in [3.63, 3.8) is 0 Å². The molecule has 1 aliphatic rings. The van der Waals surface area contributed by atoms with Crippen molar-refractivity contribution in [2.75, 3.05) is 5.73 Å². The summed E-state index contributed by atoms with van der Waals surface area (Å²) in [6.45, 7) is 1.97. The molecule has 0 bridgehead atoms. The Kier molecular flexibility index (Phi) is 2.83. The number of fused-ring (bicyclic) bond motifs is 2. The topological polar surface area (TPSA) is 48.0 Å². The van der Waals surface area contributed by atoms with Crippen LogP contribution in [0.2, 0.25) is 0 Å². The van der Waals surface area contributed by atoms with Gasteiger partial charge in [0, 0.05) is 17.0 Å². The maximum atomic E-state index is 13.1. The zero-order valence-electron chi connectivity index (χ0n) is 12.5. The molecule has 110 valence electrons. The number of carbonyl (C=O) groups excluding carboxylic acids is 1. The van der Waals surface area contributed by atoms with Gasteiger partial charge in [0.2, 0.25) is 5.91 Å². The highest BCUT2D eigenvalue weighted by Gasteiger charge is 2.29. The Balaban J connectivity index is 1.78. The van der Waals surface area contributed by atoms with Gasteiger partial charge in [0.1, 0.15) is 0 Å². The van der Waals surface area contributed by atoms with E-state index in [1.165, 1.54) is 11.1 Å². The summed E-state index contributed by atoms with van der Waals surface area (Å²) in [5.41, 5.74) is 11.2. The predicted octanol–water partition coefficient (Wildman–Crippen LogP) is 3.59. The molecular weight excluding hydrogens is 272 g/mol. The number of nitrogens with zero attached hydrogens (tertiary/aromatic N) is 1. The monoisotopic (exact) mass is 290 g/mol. The van der Waals surface area contributed by atoms with Crippen LogP contribution < -0.4 is 5.73 Å². The van der Waals surface area contributed by atoms with Crippen LogP contribution in [0.4, 0.5) is 5.69 Å². The average molecular weight is 290 g/mol. The van der Waals surface area contributed by atoms with Crippen molar-refractivity contribution in [1.29, 1.82) is 0 Å². The van der Waals surface area contributed by atoms with Gasteiger partial charge in [-0.25, -0.2) is 0 Å². The molecule has 3 aromatic rings. The molecule has 0 saturated heterocycles. The maximum Gasteiger partial charge on any atom is 0.235 e. The van der Waals surface area contributed by atoms with Gasteiger partial charge < -0.3 is 5.73 Å². The number of anilines is 1. The van der Waals surface area contributed by atoms with E-state index in [1.807, 2.05) is 43.3 Å². The number of rotatable bonds is 1. The Morgan fingerprint density at radius 1 is 1.09 bits per heavy atom. The van der Waals surface area contributed by atoms with Crippen LogP contribution in [0.1, 0.15) is 21.6 Å². The highest BCUT2D eigenvalue weighted by Crippen LogP contribution is 2.31. The Morgan fingerprint density at radius 3 is 2.45 bits per heavy atom. The van der Waals surface area contributed by atoms with Gasteiger partial charge in [-0.2, -0.15) is 0 Å². The summed E-state index contributed by atoms with van der Waals surface area (Å²) < 4.78 is 1.81. The summed E-state index contributed by atoms with van der Waals surface area (Å²) in [4.78, 5) is 13.1. The first-order chi connectivity index (χ1) is 10.6. The fourth-order valence-electron chi connectivity index (χ4n) is 3.62. The number of para-hydroxylation sites is 1. The molecule has 0 atom stereocenters. The number of benzene rings is 2. The predicted molar refractivity (Wildman–Crippen MR) is 89.1 cm³/mol. The third kappa shape index (κ3) is 1.86. The maximum absolute atomic E-state index is 13.1. The van der Waals surface area contributed by atoms with Crippen LogP contribution in [0.25, 0.3) is 10.9 Å². The van der Waals surface area contributed by atoms with Crippen molar-refractivity contribution in [1.82, 2.24) is 4.57 Å². The molecule has 2 N–H and O–H groups in total. The van der Waals surface area contributed by atoms with Crippen molar-refractivity contribution in [2.24, 2.45) is 5.92 Å². The van der Waals surface area contributed by atoms with Gasteiger partial charge >= 0.3 is 0 Å². The molecule has 2 aromatic carbocycles. The first-order valence-electron chi connectivity index (χ1n) is 7.62. The van der Waals surface area contributed by atoms with Crippen molar-refractivity contribution in [3.05, 3.63) is 65.4 Å². The summed E-state index contributed by atoms with van der Waals surface area (Å²) in [6, 6.07) is 16.2. The summed E-state index contributed by atoms with van der Waals surface area (Å²) in [5.74, 6) is 0.160.